The van der Waals surface area contributed by atoms with Crippen molar-refractivity contribution in [2.45, 2.75) is 326 Å². The third-order valence-corrected chi connectivity index (χ3v) is 14.4. The topological polar surface area (TPSA) is 189 Å². The zero-order valence-electron chi connectivity index (χ0n) is 45.7. The summed E-state index contributed by atoms with van der Waals surface area (Å²) >= 11 is 0. The molecule has 1 fully saturated rings. The first kappa shape index (κ1) is 67.3. The van der Waals surface area contributed by atoms with E-state index >= 15 is 0 Å². The highest BCUT2D eigenvalue weighted by Gasteiger charge is 2.44. The Hall–Kier alpha value is -1.67. The standard InChI is InChI=1S/C60H113NO10/c1-3-5-7-9-11-13-15-17-18-19-20-21-22-23-24-25-26-27-28-29-30-31-32-33-34-36-38-40-42-44-46-48-53(64)59(69)61-51(50-70-60-58(68)57(67)56(66)54(49-62)71-60)55(65)52(63)47-45-43-41-39-37-35-16-14-12-10-8-6-4-2/h14,16,23-24,39,41,51-58,60,62-68H,3-13,15,17-22,25-38,40,42-50H2,1-2H3,(H,61,69)/b16-14+,24-23-,41-39+. The van der Waals surface area contributed by atoms with Crippen molar-refractivity contribution in [1.82, 2.24) is 5.32 Å². The van der Waals surface area contributed by atoms with Crippen LogP contribution in [0.3, 0.4) is 0 Å². The van der Waals surface area contributed by atoms with E-state index in [2.05, 4.69) is 55.6 Å². The molecule has 8 N–H and O–H groups in total. The lowest BCUT2D eigenvalue weighted by Gasteiger charge is -2.40. The van der Waals surface area contributed by atoms with Gasteiger partial charge in [0.15, 0.2) is 6.29 Å². The minimum absolute atomic E-state index is 0.246. The van der Waals surface area contributed by atoms with Crippen LogP contribution in [-0.4, -0.2) is 110 Å². The van der Waals surface area contributed by atoms with Crippen molar-refractivity contribution in [2.75, 3.05) is 13.2 Å². The Morgan fingerprint density at radius 2 is 0.845 bits per heavy atom. The van der Waals surface area contributed by atoms with Gasteiger partial charge in [0.2, 0.25) is 5.91 Å². The molecule has 0 spiro atoms. The van der Waals surface area contributed by atoms with E-state index in [0.717, 1.165) is 38.5 Å². The largest absolute Gasteiger partial charge is 0.394 e. The number of unbranched alkanes of at least 4 members (excludes halogenated alkanes) is 33. The van der Waals surface area contributed by atoms with E-state index in [1.54, 1.807) is 0 Å². The van der Waals surface area contributed by atoms with Gasteiger partial charge in [0.1, 0.15) is 36.6 Å². The maximum Gasteiger partial charge on any atom is 0.249 e. The van der Waals surface area contributed by atoms with E-state index in [1.165, 1.54) is 186 Å². The van der Waals surface area contributed by atoms with Crippen LogP contribution in [0, 0.1) is 0 Å². The second-order valence-electron chi connectivity index (χ2n) is 21.0. The SMILES string of the molecule is CCCCCC/C=C/CC/C=C/CCCC(O)C(O)C(COC1OC(CO)C(O)C(O)C1O)NC(=O)C(O)CCCCCCCCCCCCCCCCC/C=C\CCCCCCCCCCCCCC. The van der Waals surface area contributed by atoms with Crippen molar-refractivity contribution in [3.05, 3.63) is 36.5 Å². The predicted octanol–water partition coefficient (Wildman–Crippen LogP) is 12.7. The van der Waals surface area contributed by atoms with Crippen LogP contribution in [0.1, 0.15) is 271 Å². The van der Waals surface area contributed by atoms with Crippen LogP contribution >= 0.6 is 0 Å². The Morgan fingerprint density at radius 1 is 0.479 bits per heavy atom. The van der Waals surface area contributed by atoms with E-state index in [1.807, 2.05) is 0 Å². The lowest BCUT2D eigenvalue weighted by molar-refractivity contribution is -0.303. The Bertz CT molecular complexity index is 1250. The molecule has 71 heavy (non-hydrogen) atoms. The quantitative estimate of drug-likeness (QED) is 0.0215. The molecule has 0 aliphatic carbocycles. The second-order valence-corrected chi connectivity index (χ2v) is 21.0. The van der Waals surface area contributed by atoms with Gasteiger partial charge in [0.25, 0.3) is 0 Å². The predicted molar refractivity (Wildman–Crippen MR) is 293 cm³/mol. The minimum atomic E-state index is -1.67. The number of amides is 1. The van der Waals surface area contributed by atoms with Crippen LogP contribution in [0.25, 0.3) is 0 Å². The number of hydrogen-bond acceptors (Lipinski definition) is 10. The zero-order valence-corrected chi connectivity index (χ0v) is 45.7. The Kier molecular flexibility index (Phi) is 46.7. The van der Waals surface area contributed by atoms with Crippen molar-refractivity contribution in [3.63, 3.8) is 0 Å². The molecule has 1 rings (SSSR count). The van der Waals surface area contributed by atoms with E-state index in [4.69, 9.17) is 9.47 Å². The van der Waals surface area contributed by atoms with Gasteiger partial charge in [-0.3, -0.25) is 4.79 Å². The number of carbonyl (C=O) groups is 1. The van der Waals surface area contributed by atoms with Crippen LogP contribution in [0.2, 0.25) is 0 Å². The molecule has 0 aromatic heterocycles. The number of aliphatic hydroxyl groups is 7. The summed E-state index contributed by atoms with van der Waals surface area (Å²) in [5.41, 5.74) is 0. The van der Waals surface area contributed by atoms with Gasteiger partial charge in [-0.05, 0) is 77.0 Å². The number of rotatable bonds is 51. The molecular formula is C60H113NO10. The smallest absolute Gasteiger partial charge is 0.249 e. The summed E-state index contributed by atoms with van der Waals surface area (Å²) in [6, 6.07) is -1.19. The lowest BCUT2D eigenvalue weighted by atomic mass is 9.98. The molecular weight excluding hydrogens is 895 g/mol. The highest BCUT2D eigenvalue weighted by Crippen LogP contribution is 2.23. The first-order valence-corrected chi connectivity index (χ1v) is 29.9. The highest BCUT2D eigenvalue weighted by molar-refractivity contribution is 5.80. The molecule has 0 aromatic rings. The van der Waals surface area contributed by atoms with Crippen LogP contribution in [0.15, 0.2) is 36.5 Å². The molecule has 1 heterocycles. The maximum atomic E-state index is 13.2. The number of aliphatic hydroxyl groups excluding tert-OH is 7. The van der Waals surface area contributed by atoms with Crippen molar-refractivity contribution >= 4 is 5.91 Å². The summed E-state index contributed by atoms with van der Waals surface area (Å²) in [6.45, 7) is 3.42. The van der Waals surface area contributed by atoms with Crippen LogP contribution in [-0.2, 0) is 14.3 Å². The van der Waals surface area contributed by atoms with Gasteiger partial charge in [0.05, 0.1) is 25.4 Å². The van der Waals surface area contributed by atoms with Crippen molar-refractivity contribution < 1.29 is 50.0 Å². The lowest BCUT2D eigenvalue weighted by Crippen LogP contribution is -2.60. The van der Waals surface area contributed by atoms with Crippen LogP contribution in [0.5, 0.6) is 0 Å². The first-order valence-electron chi connectivity index (χ1n) is 29.9. The number of ether oxygens (including phenoxy) is 2. The van der Waals surface area contributed by atoms with Gasteiger partial charge in [0, 0.05) is 0 Å². The summed E-state index contributed by atoms with van der Waals surface area (Å²) < 4.78 is 11.1. The first-order chi connectivity index (χ1) is 34.7. The fourth-order valence-corrected chi connectivity index (χ4v) is 9.51. The van der Waals surface area contributed by atoms with E-state index in [0.29, 0.717) is 19.3 Å². The Labute approximate surface area is 435 Å². The van der Waals surface area contributed by atoms with Gasteiger partial charge in [-0.2, -0.15) is 0 Å². The molecule has 1 saturated heterocycles. The molecule has 9 unspecified atom stereocenters. The summed E-state index contributed by atoms with van der Waals surface area (Å²) in [6.07, 6.45) is 49.4. The Balaban J connectivity index is 2.21. The summed E-state index contributed by atoms with van der Waals surface area (Å²) in [5.74, 6) is -0.709. The molecule has 0 radical (unpaired) electrons. The molecule has 9 atom stereocenters. The van der Waals surface area contributed by atoms with Crippen LogP contribution < -0.4 is 5.32 Å². The van der Waals surface area contributed by atoms with Gasteiger partial charge >= 0.3 is 0 Å². The fraction of sp³-hybridized carbons (Fsp3) is 0.883. The third kappa shape index (κ3) is 37.7. The summed E-state index contributed by atoms with van der Waals surface area (Å²) in [4.78, 5) is 13.2. The van der Waals surface area contributed by atoms with Gasteiger partial charge in [-0.15, -0.1) is 0 Å². The Morgan fingerprint density at radius 3 is 1.27 bits per heavy atom. The average molecular weight is 1010 g/mol. The average Bonchev–Trinajstić information content (AvgIpc) is 3.37. The molecule has 1 aliphatic heterocycles. The van der Waals surface area contributed by atoms with Gasteiger partial charge < -0.3 is 50.5 Å². The van der Waals surface area contributed by atoms with Crippen molar-refractivity contribution in [1.29, 1.82) is 0 Å². The molecule has 1 aliphatic rings. The summed E-state index contributed by atoms with van der Waals surface area (Å²) in [5, 5.41) is 76.0. The number of carbonyl (C=O) groups excluding carboxylic acids is 1. The van der Waals surface area contributed by atoms with Gasteiger partial charge in [-0.1, -0.05) is 230 Å². The third-order valence-electron chi connectivity index (χ3n) is 14.4. The van der Waals surface area contributed by atoms with E-state index in [-0.39, 0.29) is 12.8 Å². The molecule has 11 heteroatoms. The zero-order chi connectivity index (χ0) is 51.8. The molecule has 0 aromatic carbocycles. The second kappa shape index (κ2) is 49.2. The molecule has 11 nitrogen and oxygen atoms in total. The maximum absolute atomic E-state index is 13.2. The minimum Gasteiger partial charge on any atom is -0.394 e. The summed E-state index contributed by atoms with van der Waals surface area (Å²) in [7, 11) is 0. The molecule has 0 saturated carbocycles. The molecule has 0 bridgehead atoms. The number of allylic oxidation sites excluding steroid dienone is 6. The number of nitrogens with one attached hydrogen (secondary N) is 1. The van der Waals surface area contributed by atoms with E-state index < -0.39 is 74.2 Å². The molecule has 1 amide bonds. The van der Waals surface area contributed by atoms with Gasteiger partial charge in [-0.25, -0.2) is 0 Å². The highest BCUT2D eigenvalue weighted by atomic mass is 16.7. The van der Waals surface area contributed by atoms with Crippen molar-refractivity contribution in [2.24, 2.45) is 0 Å². The normalized spacial score (nSPS) is 20.4. The monoisotopic (exact) mass is 1010 g/mol. The van der Waals surface area contributed by atoms with Crippen molar-refractivity contribution in [3.8, 4) is 0 Å². The van der Waals surface area contributed by atoms with Crippen LogP contribution in [0.4, 0.5) is 0 Å². The molecule has 418 valence electrons. The number of hydrogen-bond donors (Lipinski definition) is 8. The fourth-order valence-electron chi connectivity index (χ4n) is 9.51. The van der Waals surface area contributed by atoms with E-state index in [9.17, 15) is 40.5 Å².